The zero-order valence-corrected chi connectivity index (χ0v) is 19.8. The van der Waals surface area contributed by atoms with Crippen molar-refractivity contribution in [3.63, 3.8) is 0 Å². The number of anilines is 1. The van der Waals surface area contributed by atoms with Crippen LogP contribution in [0.15, 0.2) is 85.1 Å². The Labute approximate surface area is 209 Å². The number of fused-ring (bicyclic) bond motifs is 1. The second-order valence-corrected chi connectivity index (χ2v) is 8.81. The number of phenolic OH excluding ortho intramolecular Hbond substituents is 1. The van der Waals surface area contributed by atoms with Gasteiger partial charge in [-0.1, -0.05) is 42.5 Å². The van der Waals surface area contributed by atoms with E-state index in [4.69, 9.17) is 14.8 Å². The van der Waals surface area contributed by atoms with Crippen LogP contribution in [0.2, 0.25) is 0 Å². The molecule has 7 heteroatoms. The largest absolute Gasteiger partial charge is 0.508 e. The highest BCUT2D eigenvalue weighted by molar-refractivity contribution is 5.82. The number of phenols is 1. The van der Waals surface area contributed by atoms with Gasteiger partial charge in [0, 0.05) is 31.4 Å². The number of aromatic hydroxyl groups is 1. The van der Waals surface area contributed by atoms with E-state index in [1.165, 1.54) is 0 Å². The van der Waals surface area contributed by atoms with Crippen molar-refractivity contribution < 1.29 is 24.3 Å². The summed E-state index contributed by atoms with van der Waals surface area (Å²) in [5.41, 5.74) is 4.44. The molecule has 4 aromatic rings. The molecule has 1 aliphatic rings. The number of nitrogens with zero attached hydrogens (tertiary/aromatic N) is 2. The summed E-state index contributed by atoms with van der Waals surface area (Å²) in [6.07, 6.45) is 3.45. The molecule has 1 aliphatic heterocycles. The zero-order chi connectivity index (χ0) is 24.9. The molecule has 2 heterocycles. The van der Waals surface area contributed by atoms with Gasteiger partial charge in [-0.3, -0.25) is 5.32 Å². The average Bonchev–Trinajstić information content (AvgIpc) is 3.22. The first kappa shape index (κ1) is 23.5. The van der Waals surface area contributed by atoms with Crippen LogP contribution in [0.1, 0.15) is 28.0 Å². The third-order valence-corrected chi connectivity index (χ3v) is 6.18. The molecular weight excluding hydrogens is 454 g/mol. The molecule has 1 unspecified atom stereocenters. The highest BCUT2D eigenvalue weighted by atomic mass is 16.5. The lowest BCUT2D eigenvalue weighted by Gasteiger charge is -2.09. The Morgan fingerprint density at radius 1 is 0.944 bits per heavy atom. The quantitative estimate of drug-likeness (QED) is 0.248. The van der Waals surface area contributed by atoms with Crippen molar-refractivity contribution >= 4 is 11.7 Å². The maximum atomic E-state index is 13.4. The van der Waals surface area contributed by atoms with Gasteiger partial charge in [0.2, 0.25) is 0 Å². The van der Waals surface area contributed by atoms with Gasteiger partial charge in [-0.2, -0.15) is 4.57 Å². The Kier molecular flexibility index (Phi) is 6.91. The van der Waals surface area contributed by atoms with E-state index in [0.717, 1.165) is 28.1 Å². The van der Waals surface area contributed by atoms with Crippen molar-refractivity contribution in [1.82, 2.24) is 4.98 Å². The summed E-state index contributed by atoms with van der Waals surface area (Å²) in [4.78, 5) is 18.4. The fraction of sp³-hybridized carbons (Fsp3) is 0.207. The van der Waals surface area contributed by atoms with Gasteiger partial charge >= 0.3 is 11.7 Å². The molecule has 0 bridgehead atoms. The monoisotopic (exact) mass is 482 g/mol. The molecular formula is C29H28N3O4+. The van der Waals surface area contributed by atoms with Gasteiger partial charge in [-0.25, -0.2) is 9.78 Å². The van der Waals surface area contributed by atoms with Gasteiger partial charge in [-0.15, -0.1) is 0 Å². The lowest BCUT2D eigenvalue weighted by atomic mass is 10.1. The van der Waals surface area contributed by atoms with Crippen molar-refractivity contribution in [3.8, 4) is 22.8 Å². The highest BCUT2D eigenvalue weighted by Crippen LogP contribution is 2.26. The molecule has 0 saturated heterocycles. The van der Waals surface area contributed by atoms with E-state index in [0.29, 0.717) is 37.4 Å². The summed E-state index contributed by atoms with van der Waals surface area (Å²) < 4.78 is 7.32. The topological polar surface area (TPSA) is 95.6 Å². The molecule has 5 rings (SSSR count). The van der Waals surface area contributed by atoms with E-state index in [1.807, 2.05) is 54.6 Å². The zero-order valence-electron chi connectivity index (χ0n) is 19.8. The molecule has 3 aromatic carbocycles. The smallest absolute Gasteiger partial charge is 0.359 e. The molecule has 3 N–H and O–H groups in total. The molecule has 36 heavy (non-hydrogen) atoms. The van der Waals surface area contributed by atoms with Gasteiger partial charge in [0.1, 0.15) is 29.1 Å². The lowest BCUT2D eigenvalue weighted by Crippen LogP contribution is -2.44. The van der Waals surface area contributed by atoms with Crippen LogP contribution in [0.3, 0.4) is 0 Å². The first-order valence-electron chi connectivity index (χ1n) is 12.0. The van der Waals surface area contributed by atoms with Crippen molar-refractivity contribution in [2.75, 3.05) is 18.5 Å². The number of hydrogen-bond acceptors (Lipinski definition) is 6. The molecule has 0 amide bonds. The van der Waals surface area contributed by atoms with E-state index >= 15 is 0 Å². The third kappa shape index (κ3) is 5.21. The molecule has 0 saturated carbocycles. The van der Waals surface area contributed by atoms with Crippen LogP contribution in [0, 0.1) is 0 Å². The normalized spacial score (nSPS) is 14.4. The summed E-state index contributed by atoms with van der Waals surface area (Å²) in [5, 5.41) is 21.9. The standard InChI is InChI=1S/C29H27N3O4/c33-15-4-16-36-24-13-9-22(10-14-24)27-19-32-28(25(30-27)17-20-5-2-1-3-6-20)31-26(29(32)35)18-21-7-11-23(34)12-8-21/h1-3,5-14,19,26,33-34H,4,15-18H2/p+1. The Morgan fingerprint density at radius 3 is 2.42 bits per heavy atom. The van der Waals surface area contributed by atoms with Crippen LogP contribution in [0.25, 0.3) is 11.3 Å². The molecule has 182 valence electrons. The van der Waals surface area contributed by atoms with Crippen LogP contribution >= 0.6 is 0 Å². The van der Waals surface area contributed by atoms with Crippen LogP contribution < -0.4 is 14.6 Å². The van der Waals surface area contributed by atoms with Crippen molar-refractivity contribution in [1.29, 1.82) is 0 Å². The van der Waals surface area contributed by atoms with Gasteiger partial charge < -0.3 is 14.9 Å². The minimum atomic E-state index is -0.427. The Morgan fingerprint density at radius 2 is 1.69 bits per heavy atom. The maximum absolute atomic E-state index is 13.4. The molecule has 1 aromatic heterocycles. The predicted molar refractivity (Wildman–Crippen MR) is 136 cm³/mol. The predicted octanol–water partition coefficient (Wildman–Crippen LogP) is 3.77. The van der Waals surface area contributed by atoms with Gasteiger partial charge in [-0.05, 0) is 47.5 Å². The fourth-order valence-corrected chi connectivity index (χ4v) is 4.31. The van der Waals surface area contributed by atoms with Gasteiger partial charge in [0.25, 0.3) is 0 Å². The summed E-state index contributed by atoms with van der Waals surface area (Å²) in [6.45, 7) is 0.543. The van der Waals surface area contributed by atoms with Crippen molar-refractivity contribution in [2.24, 2.45) is 0 Å². The van der Waals surface area contributed by atoms with Crippen LogP contribution in [-0.2, 0) is 12.8 Å². The number of carbonyl (C=O) groups excluding carboxylic acids is 1. The minimum absolute atomic E-state index is 0.0417. The third-order valence-electron chi connectivity index (χ3n) is 6.18. The van der Waals surface area contributed by atoms with E-state index in [9.17, 15) is 9.90 Å². The molecule has 0 aliphatic carbocycles. The first-order valence-corrected chi connectivity index (χ1v) is 12.0. The van der Waals surface area contributed by atoms with Crippen LogP contribution in [0.4, 0.5) is 5.82 Å². The van der Waals surface area contributed by atoms with Crippen LogP contribution in [-0.4, -0.2) is 40.4 Å². The summed E-state index contributed by atoms with van der Waals surface area (Å²) in [5.74, 6) is 1.59. The summed E-state index contributed by atoms with van der Waals surface area (Å²) in [6, 6.07) is 24.2. The number of ether oxygens (including phenoxy) is 1. The van der Waals surface area contributed by atoms with Crippen LogP contribution in [0.5, 0.6) is 11.5 Å². The number of aliphatic hydroxyl groups is 1. The molecule has 0 spiro atoms. The number of aromatic nitrogens is 2. The van der Waals surface area contributed by atoms with Gasteiger partial charge in [0.05, 0.1) is 6.61 Å². The Bertz CT molecular complexity index is 1340. The van der Waals surface area contributed by atoms with E-state index in [1.54, 1.807) is 22.9 Å². The Hall–Kier alpha value is -4.23. The van der Waals surface area contributed by atoms with Crippen molar-refractivity contribution in [3.05, 3.63) is 102 Å². The van der Waals surface area contributed by atoms with E-state index in [2.05, 4.69) is 17.4 Å². The number of nitrogens with one attached hydrogen (secondary N) is 1. The minimum Gasteiger partial charge on any atom is -0.508 e. The molecule has 1 atom stereocenters. The Balaban J connectivity index is 1.46. The van der Waals surface area contributed by atoms with Crippen molar-refractivity contribution in [2.45, 2.75) is 25.3 Å². The number of hydrogen-bond donors (Lipinski definition) is 3. The number of aliphatic hydroxyl groups excluding tert-OH is 1. The second kappa shape index (κ2) is 10.6. The molecule has 7 nitrogen and oxygen atoms in total. The molecule has 0 fully saturated rings. The molecule has 0 radical (unpaired) electrons. The second-order valence-electron chi connectivity index (χ2n) is 8.81. The van der Waals surface area contributed by atoms with Gasteiger partial charge in [0.15, 0.2) is 6.04 Å². The summed E-state index contributed by atoms with van der Waals surface area (Å²) >= 11 is 0. The number of rotatable bonds is 9. The lowest BCUT2D eigenvalue weighted by molar-refractivity contribution is -0.552. The first-order chi connectivity index (χ1) is 17.6. The summed E-state index contributed by atoms with van der Waals surface area (Å²) in [7, 11) is 0. The van der Waals surface area contributed by atoms with E-state index < -0.39 is 6.04 Å². The number of carbonyl (C=O) groups is 1. The fourth-order valence-electron chi connectivity index (χ4n) is 4.31. The number of benzene rings is 3. The maximum Gasteiger partial charge on any atom is 0.359 e. The SMILES string of the molecule is O=C1C(Cc2ccc(O)cc2)Nc2c(Cc3ccccc3)nc(-c3ccc(OCCCO)cc3)c[n+]21. The van der Waals surface area contributed by atoms with E-state index in [-0.39, 0.29) is 18.3 Å². The average molecular weight is 483 g/mol. The highest BCUT2D eigenvalue weighted by Gasteiger charge is 2.41.